The Morgan fingerprint density at radius 2 is 1.69 bits per heavy atom. The van der Waals surface area contributed by atoms with Crippen LogP contribution in [0.1, 0.15) is 19.4 Å². The van der Waals surface area contributed by atoms with Crippen LogP contribution in [0.3, 0.4) is 0 Å². The van der Waals surface area contributed by atoms with Crippen molar-refractivity contribution >= 4 is 5.69 Å². The maximum atomic E-state index is 7.29. The SMILES string of the molecule is CC(C)(N)Cc1ccc([NH-])cc1.[Pd]. The largest absolute Gasteiger partial charge is 0.699 e. The zero-order valence-corrected chi connectivity index (χ0v) is 9.46. The number of hydrogen-bond acceptors (Lipinski definition) is 1. The molecule has 0 bridgehead atoms. The molecule has 76 valence electrons. The summed E-state index contributed by atoms with van der Waals surface area (Å²) in [7, 11) is 0. The summed E-state index contributed by atoms with van der Waals surface area (Å²) in [4.78, 5) is 0. The zero-order chi connectivity index (χ0) is 9.19. The van der Waals surface area contributed by atoms with Crippen LogP contribution in [0, 0.1) is 0 Å². The van der Waals surface area contributed by atoms with Gasteiger partial charge in [-0.05, 0) is 25.8 Å². The Bertz CT molecular complexity index is 249. The summed E-state index contributed by atoms with van der Waals surface area (Å²) in [6.45, 7) is 4.00. The van der Waals surface area contributed by atoms with Crippen LogP contribution in [0.25, 0.3) is 5.73 Å². The molecule has 0 radical (unpaired) electrons. The fraction of sp³-hybridized carbons (Fsp3) is 0.400. The van der Waals surface area contributed by atoms with Gasteiger partial charge in [0.1, 0.15) is 0 Å². The molecular weight excluding hydrogens is 255 g/mol. The zero-order valence-electron chi connectivity index (χ0n) is 7.91. The smallest absolute Gasteiger partial charge is 0.0138 e. The summed E-state index contributed by atoms with van der Waals surface area (Å²) in [6, 6.07) is 7.50. The Hall–Kier alpha value is -0.358. The van der Waals surface area contributed by atoms with Crippen LogP contribution in [0.4, 0.5) is 5.69 Å². The van der Waals surface area contributed by atoms with E-state index in [2.05, 4.69) is 0 Å². The third-order valence-corrected chi connectivity index (χ3v) is 1.61. The first-order valence-corrected chi connectivity index (χ1v) is 4.07. The summed E-state index contributed by atoms with van der Waals surface area (Å²) < 4.78 is 0. The van der Waals surface area contributed by atoms with Gasteiger partial charge in [0.05, 0.1) is 0 Å². The first kappa shape index (κ1) is 12.6. The van der Waals surface area contributed by atoms with Gasteiger partial charge in [0.15, 0.2) is 0 Å². The van der Waals surface area contributed by atoms with E-state index in [1.54, 1.807) is 12.1 Å². The molecule has 0 aromatic heterocycles. The maximum Gasteiger partial charge on any atom is 0.0138 e. The Labute approximate surface area is 93.4 Å². The molecule has 2 nitrogen and oxygen atoms in total. The van der Waals surface area contributed by atoms with Crippen molar-refractivity contribution < 1.29 is 20.4 Å². The van der Waals surface area contributed by atoms with E-state index in [9.17, 15) is 0 Å². The van der Waals surface area contributed by atoms with Crippen LogP contribution >= 0.6 is 0 Å². The minimum absolute atomic E-state index is 0. The molecule has 0 saturated heterocycles. The van der Waals surface area contributed by atoms with E-state index in [1.165, 1.54) is 5.56 Å². The van der Waals surface area contributed by atoms with E-state index in [0.29, 0.717) is 5.69 Å². The third-order valence-electron chi connectivity index (χ3n) is 1.61. The fourth-order valence-corrected chi connectivity index (χ4v) is 1.15. The van der Waals surface area contributed by atoms with Crippen molar-refractivity contribution in [1.82, 2.24) is 0 Å². The standard InChI is InChI=1S/C10H15N2.Pd/c1-10(2,12)7-8-3-5-9(11)6-4-8;/h3-6,11H,7,12H2,1-2H3;/q-1;. The quantitative estimate of drug-likeness (QED) is 0.825. The van der Waals surface area contributed by atoms with Gasteiger partial charge in [0, 0.05) is 26.0 Å². The Morgan fingerprint density at radius 3 is 2.08 bits per heavy atom. The molecule has 0 saturated carbocycles. The first-order valence-electron chi connectivity index (χ1n) is 4.07. The molecule has 13 heavy (non-hydrogen) atoms. The average molecular weight is 270 g/mol. The van der Waals surface area contributed by atoms with Crippen molar-refractivity contribution in [3.63, 3.8) is 0 Å². The number of benzene rings is 1. The van der Waals surface area contributed by atoms with Crippen molar-refractivity contribution in [2.24, 2.45) is 5.73 Å². The van der Waals surface area contributed by atoms with Gasteiger partial charge in [-0.15, -0.1) is 5.69 Å². The summed E-state index contributed by atoms with van der Waals surface area (Å²) >= 11 is 0. The normalized spacial score (nSPS) is 10.7. The van der Waals surface area contributed by atoms with Crippen molar-refractivity contribution in [3.8, 4) is 0 Å². The molecule has 1 aromatic carbocycles. The van der Waals surface area contributed by atoms with Crippen molar-refractivity contribution in [2.75, 3.05) is 0 Å². The first-order chi connectivity index (χ1) is 5.47. The van der Waals surface area contributed by atoms with E-state index in [0.717, 1.165) is 6.42 Å². The Morgan fingerprint density at radius 1 is 1.23 bits per heavy atom. The molecule has 0 amide bonds. The minimum atomic E-state index is -0.163. The van der Waals surface area contributed by atoms with E-state index < -0.39 is 0 Å². The Kier molecular flexibility index (Phi) is 4.63. The van der Waals surface area contributed by atoms with Gasteiger partial charge in [0.25, 0.3) is 0 Å². The summed E-state index contributed by atoms with van der Waals surface area (Å²) in [5, 5.41) is 0. The second-order valence-electron chi connectivity index (χ2n) is 3.86. The number of rotatable bonds is 2. The molecular formula is C10H15N2Pd-. The van der Waals surface area contributed by atoms with E-state index in [4.69, 9.17) is 11.5 Å². The minimum Gasteiger partial charge on any atom is -0.699 e. The van der Waals surface area contributed by atoms with Gasteiger partial charge < -0.3 is 11.5 Å². The van der Waals surface area contributed by atoms with Gasteiger partial charge in [-0.25, -0.2) is 0 Å². The average Bonchev–Trinajstić information content (AvgIpc) is 1.91. The van der Waals surface area contributed by atoms with E-state index in [1.807, 2.05) is 26.0 Å². The van der Waals surface area contributed by atoms with Crippen molar-refractivity contribution in [3.05, 3.63) is 35.6 Å². The van der Waals surface area contributed by atoms with Crippen LogP contribution < -0.4 is 5.73 Å². The molecule has 0 heterocycles. The molecule has 0 aliphatic rings. The van der Waals surface area contributed by atoms with E-state index >= 15 is 0 Å². The third kappa shape index (κ3) is 5.05. The molecule has 1 rings (SSSR count). The number of nitrogens with one attached hydrogen (secondary N) is 1. The van der Waals surface area contributed by atoms with Gasteiger partial charge in [-0.1, -0.05) is 24.3 Å². The summed E-state index contributed by atoms with van der Waals surface area (Å²) in [5.41, 5.74) is 14.7. The van der Waals surface area contributed by atoms with Crippen molar-refractivity contribution in [2.45, 2.75) is 25.8 Å². The van der Waals surface area contributed by atoms with Crippen LogP contribution in [0.5, 0.6) is 0 Å². The fourth-order valence-electron chi connectivity index (χ4n) is 1.15. The molecule has 0 aliphatic heterocycles. The molecule has 0 fully saturated rings. The summed E-state index contributed by atoms with van der Waals surface area (Å²) in [5.74, 6) is 0. The molecule has 0 unspecified atom stereocenters. The molecule has 0 aliphatic carbocycles. The second-order valence-corrected chi connectivity index (χ2v) is 3.86. The summed E-state index contributed by atoms with van der Waals surface area (Å²) in [6.07, 6.45) is 0.854. The van der Waals surface area contributed by atoms with Crippen LogP contribution in [-0.4, -0.2) is 5.54 Å². The topological polar surface area (TPSA) is 49.8 Å². The van der Waals surface area contributed by atoms with E-state index in [-0.39, 0.29) is 26.0 Å². The molecule has 0 spiro atoms. The molecule has 3 heteroatoms. The van der Waals surface area contributed by atoms with Crippen molar-refractivity contribution in [1.29, 1.82) is 0 Å². The maximum absolute atomic E-state index is 7.29. The van der Waals surface area contributed by atoms with Gasteiger partial charge >= 0.3 is 0 Å². The molecule has 1 aromatic rings. The molecule has 3 N–H and O–H groups in total. The van der Waals surface area contributed by atoms with Gasteiger partial charge in [0.2, 0.25) is 0 Å². The van der Waals surface area contributed by atoms with Gasteiger partial charge in [-0.3, -0.25) is 0 Å². The van der Waals surface area contributed by atoms with Crippen LogP contribution in [0.15, 0.2) is 24.3 Å². The molecule has 0 atom stereocenters. The van der Waals surface area contributed by atoms with Crippen LogP contribution in [-0.2, 0) is 26.8 Å². The second kappa shape index (κ2) is 4.76. The van der Waals surface area contributed by atoms with Crippen LogP contribution in [0.2, 0.25) is 0 Å². The Balaban J connectivity index is 0.00000144. The van der Waals surface area contributed by atoms with Gasteiger partial charge in [-0.2, -0.15) is 0 Å². The predicted molar refractivity (Wildman–Crippen MR) is 52.4 cm³/mol. The number of nitrogens with two attached hydrogens (primary N) is 1. The number of hydrogen-bond donors (Lipinski definition) is 1. The predicted octanol–water partition coefficient (Wildman–Crippen LogP) is 2.65. The monoisotopic (exact) mass is 269 g/mol.